The van der Waals surface area contributed by atoms with Gasteiger partial charge in [-0.25, -0.2) is 0 Å². The van der Waals surface area contributed by atoms with Crippen LogP contribution in [0.3, 0.4) is 0 Å². The second kappa shape index (κ2) is 7.24. The maximum Gasteiger partial charge on any atom is 0.232 e. The molecule has 1 rings (SSSR count). The van der Waals surface area contributed by atoms with Gasteiger partial charge in [-0.1, -0.05) is 25.9 Å². The van der Waals surface area contributed by atoms with E-state index in [1.807, 2.05) is 20.8 Å². The molecule has 0 radical (unpaired) electrons. The fourth-order valence-electron chi connectivity index (χ4n) is 1.33. The molecular weight excluding hydrogens is 369 g/mol. The molecule has 0 aliphatic rings. The second-order valence-corrected chi connectivity index (χ2v) is 6.57. The molecule has 2 N–H and O–H groups in total. The van der Waals surface area contributed by atoms with Crippen LogP contribution in [0.25, 0.3) is 0 Å². The van der Waals surface area contributed by atoms with Crippen LogP contribution < -0.4 is 10.6 Å². The molecule has 0 aliphatic carbocycles. The van der Waals surface area contributed by atoms with Crippen LogP contribution in [0, 0.1) is 0 Å². The van der Waals surface area contributed by atoms with Crippen molar-refractivity contribution < 1.29 is 4.52 Å². The van der Waals surface area contributed by atoms with E-state index in [4.69, 9.17) is 4.52 Å². The largest absolute Gasteiger partial charge is 0.352 e. The van der Waals surface area contributed by atoms with E-state index in [2.05, 4.69) is 46.5 Å². The average Bonchev–Trinajstić information content (AvgIpc) is 2.70. The predicted molar refractivity (Wildman–Crippen MR) is 91.5 cm³/mol. The lowest BCUT2D eigenvalue weighted by Crippen LogP contribution is -2.47. The van der Waals surface area contributed by atoms with Gasteiger partial charge in [0, 0.05) is 18.0 Å². The Morgan fingerprint density at radius 3 is 2.20 bits per heavy atom. The SMILES string of the molecule is CN=C(NCc1noc(C(C)(C)C)n1)NC(C)(C)C.I. The van der Waals surface area contributed by atoms with Crippen molar-refractivity contribution in [2.24, 2.45) is 4.99 Å². The summed E-state index contributed by atoms with van der Waals surface area (Å²) in [6.07, 6.45) is 0. The first-order valence-electron chi connectivity index (χ1n) is 6.44. The molecule has 0 atom stereocenters. The molecule has 1 aromatic heterocycles. The van der Waals surface area contributed by atoms with Crippen molar-refractivity contribution in [3.05, 3.63) is 11.7 Å². The summed E-state index contributed by atoms with van der Waals surface area (Å²) in [6.45, 7) is 12.8. The van der Waals surface area contributed by atoms with Gasteiger partial charge in [0.25, 0.3) is 0 Å². The number of halogens is 1. The highest BCUT2D eigenvalue weighted by Gasteiger charge is 2.21. The Bertz CT molecular complexity index is 442. The van der Waals surface area contributed by atoms with E-state index in [1.165, 1.54) is 0 Å². The fraction of sp³-hybridized carbons (Fsp3) is 0.769. The number of guanidine groups is 1. The Morgan fingerprint density at radius 2 is 1.80 bits per heavy atom. The maximum atomic E-state index is 5.23. The highest BCUT2D eigenvalue weighted by Crippen LogP contribution is 2.19. The summed E-state index contributed by atoms with van der Waals surface area (Å²) in [6, 6.07) is 0. The van der Waals surface area contributed by atoms with E-state index in [-0.39, 0.29) is 34.9 Å². The Kier molecular flexibility index (Phi) is 6.92. The number of nitrogens with zero attached hydrogens (tertiary/aromatic N) is 3. The Balaban J connectivity index is 0.00000361. The number of aliphatic imine (C=N–C) groups is 1. The average molecular weight is 395 g/mol. The van der Waals surface area contributed by atoms with Crippen LogP contribution in [0.1, 0.15) is 53.3 Å². The molecule has 0 saturated carbocycles. The van der Waals surface area contributed by atoms with Crippen molar-refractivity contribution in [1.82, 2.24) is 20.8 Å². The minimum absolute atomic E-state index is 0. The molecule has 0 unspecified atom stereocenters. The first kappa shape index (κ1) is 19.1. The topological polar surface area (TPSA) is 75.3 Å². The van der Waals surface area contributed by atoms with Gasteiger partial charge in [0.05, 0.1) is 6.54 Å². The monoisotopic (exact) mass is 395 g/mol. The Labute approximate surface area is 138 Å². The highest BCUT2D eigenvalue weighted by molar-refractivity contribution is 14.0. The van der Waals surface area contributed by atoms with E-state index in [9.17, 15) is 0 Å². The van der Waals surface area contributed by atoms with E-state index < -0.39 is 0 Å². The highest BCUT2D eigenvalue weighted by atomic mass is 127. The van der Waals surface area contributed by atoms with Crippen LogP contribution >= 0.6 is 24.0 Å². The molecule has 0 amide bonds. The van der Waals surface area contributed by atoms with Crippen molar-refractivity contribution in [2.45, 2.75) is 59.0 Å². The quantitative estimate of drug-likeness (QED) is 0.457. The molecule has 116 valence electrons. The lowest BCUT2D eigenvalue weighted by atomic mass is 9.97. The van der Waals surface area contributed by atoms with Gasteiger partial charge in [0.2, 0.25) is 5.89 Å². The van der Waals surface area contributed by atoms with Crippen LogP contribution in [0.2, 0.25) is 0 Å². The number of aromatic nitrogens is 2. The number of rotatable bonds is 2. The van der Waals surface area contributed by atoms with E-state index >= 15 is 0 Å². The predicted octanol–water partition coefficient (Wildman–Crippen LogP) is 2.45. The molecule has 0 saturated heterocycles. The first-order valence-corrected chi connectivity index (χ1v) is 6.44. The number of hydrogen-bond acceptors (Lipinski definition) is 4. The summed E-state index contributed by atoms with van der Waals surface area (Å²) < 4.78 is 5.23. The van der Waals surface area contributed by atoms with Gasteiger partial charge in [-0.15, -0.1) is 24.0 Å². The molecule has 20 heavy (non-hydrogen) atoms. The van der Waals surface area contributed by atoms with Crippen LogP contribution in [0.5, 0.6) is 0 Å². The van der Waals surface area contributed by atoms with Crippen LogP contribution in [-0.4, -0.2) is 28.7 Å². The first-order chi connectivity index (χ1) is 8.62. The zero-order valence-corrected chi connectivity index (χ0v) is 15.7. The van der Waals surface area contributed by atoms with Crippen molar-refractivity contribution in [1.29, 1.82) is 0 Å². The van der Waals surface area contributed by atoms with Crippen LogP contribution in [-0.2, 0) is 12.0 Å². The van der Waals surface area contributed by atoms with Crippen molar-refractivity contribution >= 4 is 29.9 Å². The molecule has 7 heteroatoms. The molecular formula is C13H26IN5O. The molecule has 1 aromatic rings. The summed E-state index contributed by atoms with van der Waals surface area (Å²) in [5.74, 6) is 1.99. The van der Waals surface area contributed by atoms with E-state index in [1.54, 1.807) is 7.05 Å². The van der Waals surface area contributed by atoms with Gasteiger partial charge in [-0.3, -0.25) is 4.99 Å². The van der Waals surface area contributed by atoms with Crippen LogP contribution in [0.15, 0.2) is 9.52 Å². The summed E-state index contributed by atoms with van der Waals surface area (Å²) >= 11 is 0. The normalized spacial score (nSPS) is 12.8. The lowest BCUT2D eigenvalue weighted by Gasteiger charge is -2.23. The van der Waals surface area contributed by atoms with Gasteiger partial charge in [0.1, 0.15) is 0 Å². The molecule has 0 fully saturated rings. The summed E-state index contributed by atoms with van der Waals surface area (Å²) in [4.78, 5) is 8.51. The van der Waals surface area contributed by atoms with Crippen molar-refractivity contribution in [3.63, 3.8) is 0 Å². The third-order valence-electron chi connectivity index (χ3n) is 2.24. The van der Waals surface area contributed by atoms with Crippen molar-refractivity contribution in [3.8, 4) is 0 Å². The standard InChI is InChI=1S/C13H25N5O.HI/c1-12(2,3)10-16-9(18-19-10)8-15-11(14-7)17-13(4,5)6;/h8H2,1-7H3,(H2,14,15,17);1H. The minimum Gasteiger partial charge on any atom is -0.352 e. The third-order valence-corrected chi connectivity index (χ3v) is 2.24. The van der Waals surface area contributed by atoms with E-state index in [0.29, 0.717) is 18.3 Å². The summed E-state index contributed by atoms with van der Waals surface area (Å²) in [5.41, 5.74) is -0.174. The van der Waals surface area contributed by atoms with E-state index in [0.717, 1.165) is 5.96 Å². The molecule has 0 spiro atoms. The Hall–Kier alpha value is -0.860. The molecule has 1 heterocycles. The molecule has 0 aromatic carbocycles. The number of hydrogen-bond donors (Lipinski definition) is 2. The van der Waals surface area contributed by atoms with Gasteiger partial charge < -0.3 is 15.2 Å². The van der Waals surface area contributed by atoms with Gasteiger partial charge in [-0.05, 0) is 20.8 Å². The van der Waals surface area contributed by atoms with Gasteiger partial charge >= 0.3 is 0 Å². The second-order valence-electron chi connectivity index (χ2n) is 6.57. The van der Waals surface area contributed by atoms with Crippen molar-refractivity contribution in [2.75, 3.05) is 7.05 Å². The third kappa shape index (κ3) is 6.53. The van der Waals surface area contributed by atoms with Crippen LogP contribution in [0.4, 0.5) is 0 Å². The maximum absolute atomic E-state index is 5.23. The fourth-order valence-corrected chi connectivity index (χ4v) is 1.33. The van der Waals surface area contributed by atoms with Gasteiger partial charge in [0.15, 0.2) is 11.8 Å². The molecule has 0 bridgehead atoms. The Morgan fingerprint density at radius 1 is 1.20 bits per heavy atom. The molecule has 0 aliphatic heterocycles. The summed E-state index contributed by atoms with van der Waals surface area (Å²) in [5, 5.41) is 10.4. The van der Waals surface area contributed by atoms with Gasteiger partial charge in [-0.2, -0.15) is 4.98 Å². The smallest absolute Gasteiger partial charge is 0.232 e. The zero-order chi connectivity index (χ0) is 14.7. The number of nitrogens with one attached hydrogen (secondary N) is 2. The minimum atomic E-state index is -0.128. The zero-order valence-electron chi connectivity index (χ0n) is 13.4. The lowest BCUT2D eigenvalue weighted by molar-refractivity contribution is 0.318. The summed E-state index contributed by atoms with van der Waals surface area (Å²) in [7, 11) is 1.73. The molecule has 6 nitrogen and oxygen atoms in total.